The fourth-order valence-corrected chi connectivity index (χ4v) is 4.25. The molecule has 2 aliphatic rings. The normalized spacial score (nSPS) is 19.5. The van der Waals surface area contributed by atoms with Crippen LogP contribution in [0.1, 0.15) is 36.8 Å². The average molecular weight is 342 g/mol. The molecule has 0 unspecified atom stereocenters. The van der Waals surface area contributed by atoms with Crippen molar-refractivity contribution < 1.29 is 4.79 Å². The van der Waals surface area contributed by atoms with E-state index in [0.717, 1.165) is 51.2 Å². The Bertz CT molecular complexity index is 647. The number of carbonyl (C=O) groups is 1. The molecule has 0 radical (unpaired) electrons. The van der Waals surface area contributed by atoms with Crippen molar-refractivity contribution in [2.75, 3.05) is 34.2 Å². The molecule has 1 aromatic carbocycles. The SMILES string of the molecule is CN=C(NCC1(C(=O)N(C)C)CCCC1)N1CCc2ccccc2C1. The van der Waals surface area contributed by atoms with Crippen LogP contribution in [0.5, 0.6) is 0 Å². The number of guanidine groups is 1. The first kappa shape index (κ1) is 17.8. The lowest BCUT2D eigenvalue weighted by atomic mass is 9.84. The number of carbonyl (C=O) groups excluding carboxylic acids is 1. The second kappa shape index (κ2) is 7.46. The highest BCUT2D eigenvalue weighted by molar-refractivity contribution is 5.85. The van der Waals surface area contributed by atoms with Crippen molar-refractivity contribution in [3.8, 4) is 0 Å². The number of fused-ring (bicyclic) bond motifs is 1. The molecular formula is C20H30N4O. The molecule has 0 atom stereocenters. The predicted molar refractivity (Wildman–Crippen MR) is 102 cm³/mol. The lowest BCUT2D eigenvalue weighted by Gasteiger charge is -2.35. The van der Waals surface area contributed by atoms with E-state index in [9.17, 15) is 4.79 Å². The molecule has 1 N–H and O–H groups in total. The van der Waals surface area contributed by atoms with Gasteiger partial charge < -0.3 is 15.1 Å². The van der Waals surface area contributed by atoms with E-state index in [2.05, 4.69) is 39.5 Å². The van der Waals surface area contributed by atoms with Crippen molar-refractivity contribution >= 4 is 11.9 Å². The first-order valence-electron chi connectivity index (χ1n) is 9.30. The first-order valence-corrected chi connectivity index (χ1v) is 9.30. The van der Waals surface area contributed by atoms with Crippen LogP contribution in [0.3, 0.4) is 0 Å². The van der Waals surface area contributed by atoms with Crippen LogP contribution in [-0.2, 0) is 17.8 Å². The minimum Gasteiger partial charge on any atom is -0.355 e. The summed E-state index contributed by atoms with van der Waals surface area (Å²) in [5, 5.41) is 3.52. The Hall–Kier alpha value is -2.04. The summed E-state index contributed by atoms with van der Waals surface area (Å²) in [5.74, 6) is 1.16. The standard InChI is InChI=1S/C20H30N4O/c1-21-19(24-13-10-16-8-4-5-9-17(16)14-24)22-15-20(11-6-7-12-20)18(25)23(2)3/h4-5,8-9H,6-7,10-15H2,1-3H3,(H,21,22). The number of amides is 1. The lowest BCUT2D eigenvalue weighted by molar-refractivity contribution is -0.138. The lowest BCUT2D eigenvalue weighted by Crippen LogP contribution is -2.51. The highest BCUT2D eigenvalue weighted by Crippen LogP contribution is 2.39. The molecule has 0 bridgehead atoms. The molecule has 1 saturated carbocycles. The molecule has 1 heterocycles. The van der Waals surface area contributed by atoms with Crippen molar-refractivity contribution in [1.82, 2.24) is 15.1 Å². The molecule has 0 saturated heterocycles. The highest BCUT2D eigenvalue weighted by atomic mass is 16.2. The molecular weight excluding hydrogens is 312 g/mol. The van der Waals surface area contributed by atoms with Gasteiger partial charge in [0.05, 0.1) is 5.41 Å². The van der Waals surface area contributed by atoms with Gasteiger partial charge in [-0.25, -0.2) is 0 Å². The summed E-state index contributed by atoms with van der Waals surface area (Å²) >= 11 is 0. The number of nitrogens with one attached hydrogen (secondary N) is 1. The summed E-state index contributed by atoms with van der Waals surface area (Å²) in [5.41, 5.74) is 2.54. The number of hydrogen-bond acceptors (Lipinski definition) is 2. The van der Waals surface area contributed by atoms with Crippen molar-refractivity contribution in [3.63, 3.8) is 0 Å². The van der Waals surface area contributed by atoms with Crippen molar-refractivity contribution in [3.05, 3.63) is 35.4 Å². The van der Waals surface area contributed by atoms with Gasteiger partial charge in [-0.3, -0.25) is 9.79 Å². The predicted octanol–water partition coefficient (Wildman–Crippen LogP) is 2.27. The number of nitrogens with zero attached hydrogens (tertiary/aromatic N) is 3. The molecule has 0 spiro atoms. The maximum absolute atomic E-state index is 12.7. The van der Waals surface area contributed by atoms with Gasteiger partial charge in [0, 0.05) is 40.8 Å². The molecule has 1 aliphatic heterocycles. The van der Waals surface area contributed by atoms with Crippen LogP contribution < -0.4 is 5.32 Å². The molecule has 1 amide bonds. The van der Waals surface area contributed by atoms with Gasteiger partial charge in [0.15, 0.2) is 5.96 Å². The highest BCUT2D eigenvalue weighted by Gasteiger charge is 2.42. The van der Waals surface area contributed by atoms with Crippen molar-refractivity contribution in [1.29, 1.82) is 0 Å². The zero-order valence-corrected chi connectivity index (χ0v) is 15.7. The van der Waals surface area contributed by atoms with Crippen molar-refractivity contribution in [2.45, 2.75) is 38.6 Å². The maximum Gasteiger partial charge on any atom is 0.230 e. The Morgan fingerprint density at radius 2 is 1.92 bits per heavy atom. The quantitative estimate of drug-likeness (QED) is 0.677. The molecule has 1 fully saturated rings. The monoisotopic (exact) mass is 342 g/mol. The molecule has 3 rings (SSSR count). The molecule has 1 aliphatic carbocycles. The third-order valence-corrected chi connectivity index (χ3v) is 5.65. The minimum absolute atomic E-state index is 0.247. The molecule has 5 heteroatoms. The van der Waals surface area contributed by atoms with E-state index in [0.29, 0.717) is 6.54 Å². The summed E-state index contributed by atoms with van der Waals surface area (Å²) in [6.45, 7) is 2.52. The van der Waals surface area contributed by atoms with E-state index in [4.69, 9.17) is 0 Å². The zero-order chi connectivity index (χ0) is 17.9. The second-order valence-corrected chi connectivity index (χ2v) is 7.53. The Labute approximate surface area is 151 Å². The summed E-state index contributed by atoms with van der Waals surface area (Å²) in [4.78, 5) is 21.3. The van der Waals surface area contributed by atoms with Gasteiger partial charge in [0.1, 0.15) is 0 Å². The van der Waals surface area contributed by atoms with Gasteiger partial charge in [-0.15, -0.1) is 0 Å². The average Bonchev–Trinajstić information content (AvgIpc) is 3.11. The number of benzene rings is 1. The maximum atomic E-state index is 12.7. The van der Waals surface area contributed by atoms with Gasteiger partial charge >= 0.3 is 0 Å². The van der Waals surface area contributed by atoms with Gasteiger partial charge in [-0.2, -0.15) is 0 Å². The minimum atomic E-state index is -0.271. The third kappa shape index (κ3) is 3.65. The summed E-state index contributed by atoms with van der Waals surface area (Å²) in [7, 11) is 5.55. The molecule has 25 heavy (non-hydrogen) atoms. The fraction of sp³-hybridized carbons (Fsp3) is 0.600. The first-order chi connectivity index (χ1) is 12.1. The van der Waals surface area contributed by atoms with E-state index >= 15 is 0 Å². The van der Waals surface area contributed by atoms with Crippen LogP contribution in [0.4, 0.5) is 0 Å². The van der Waals surface area contributed by atoms with Crippen molar-refractivity contribution in [2.24, 2.45) is 10.4 Å². The van der Waals surface area contributed by atoms with Gasteiger partial charge in [0.25, 0.3) is 0 Å². The topological polar surface area (TPSA) is 47.9 Å². The molecule has 0 aromatic heterocycles. The Morgan fingerprint density at radius 3 is 2.56 bits per heavy atom. The van der Waals surface area contributed by atoms with E-state index in [1.165, 1.54) is 11.1 Å². The number of aliphatic imine (C=N–C) groups is 1. The van der Waals surface area contributed by atoms with E-state index in [1.807, 2.05) is 21.1 Å². The molecule has 136 valence electrons. The van der Waals surface area contributed by atoms with Gasteiger partial charge in [0.2, 0.25) is 5.91 Å². The summed E-state index contributed by atoms with van der Waals surface area (Å²) in [6, 6.07) is 8.62. The summed E-state index contributed by atoms with van der Waals surface area (Å²) in [6.07, 6.45) is 5.25. The van der Waals surface area contributed by atoms with E-state index in [1.54, 1.807) is 4.90 Å². The van der Waals surface area contributed by atoms with Gasteiger partial charge in [-0.1, -0.05) is 37.1 Å². The Balaban J connectivity index is 1.68. The largest absolute Gasteiger partial charge is 0.355 e. The van der Waals surface area contributed by atoms with Crippen LogP contribution >= 0.6 is 0 Å². The second-order valence-electron chi connectivity index (χ2n) is 7.53. The zero-order valence-electron chi connectivity index (χ0n) is 15.7. The van der Waals surface area contributed by atoms with Crippen LogP contribution in [-0.4, -0.2) is 55.9 Å². The van der Waals surface area contributed by atoms with Crippen LogP contribution in [0.2, 0.25) is 0 Å². The van der Waals surface area contributed by atoms with Gasteiger partial charge in [-0.05, 0) is 30.4 Å². The smallest absolute Gasteiger partial charge is 0.230 e. The number of hydrogen-bond donors (Lipinski definition) is 1. The van der Waals surface area contributed by atoms with E-state index < -0.39 is 0 Å². The molecule has 5 nitrogen and oxygen atoms in total. The van der Waals surface area contributed by atoms with Crippen LogP contribution in [0.15, 0.2) is 29.3 Å². The molecule has 1 aromatic rings. The fourth-order valence-electron chi connectivity index (χ4n) is 4.25. The Kier molecular flexibility index (Phi) is 5.30. The Morgan fingerprint density at radius 1 is 1.24 bits per heavy atom. The number of rotatable bonds is 3. The van der Waals surface area contributed by atoms with Crippen LogP contribution in [0.25, 0.3) is 0 Å². The third-order valence-electron chi connectivity index (χ3n) is 5.65. The van der Waals surface area contributed by atoms with E-state index in [-0.39, 0.29) is 11.3 Å². The summed E-state index contributed by atoms with van der Waals surface area (Å²) < 4.78 is 0. The van der Waals surface area contributed by atoms with Crippen LogP contribution in [0, 0.1) is 5.41 Å².